The number of halogens is 2. The van der Waals surface area contributed by atoms with Crippen molar-refractivity contribution >= 4 is 0 Å². The number of methoxy groups -OCH3 is 1. The average molecular weight is 377 g/mol. The van der Waals surface area contributed by atoms with E-state index in [4.69, 9.17) is 4.74 Å². The van der Waals surface area contributed by atoms with Gasteiger partial charge in [-0.2, -0.15) is 4.39 Å². The van der Waals surface area contributed by atoms with Gasteiger partial charge in [0.05, 0.1) is 7.11 Å². The van der Waals surface area contributed by atoms with Crippen LogP contribution in [0.15, 0.2) is 24.3 Å². The van der Waals surface area contributed by atoms with Gasteiger partial charge in [-0.15, -0.1) is 0 Å². The third kappa shape index (κ3) is 4.92. The number of ether oxygens (including phenoxy) is 1. The molecule has 0 aliphatic heterocycles. The van der Waals surface area contributed by atoms with E-state index in [9.17, 15) is 8.78 Å². The topological polar surface area (TPSA) is 9.23 Å². The van der Waals surface area contributed by atoms with Crippen LogP contribution in [-0.2, 0) is 0 Å². The molecule has 0 aromatic heterocycles. The maximum Gasteiger partial charge on any atom is 0.200 e. The molecule has 2 aliphatic carbocycles. The smallest absolute Gasteiger partial charge is 0.200 e. The second kappa shape index (κ2) is 9.71. The van der Waals surface area contributed by atoms with Gasteiger partial charge in [-0.1, -0.05) is 25.1 Å². The van der Waals surface area contributed by atoms with E-state index in [1.165, 1.54) is 39.2 Å². The van der Waals surface area contributed by atoms with E-state index in [2.05, 4.69) is 19.1 Å². The van der Waals surface area contributed by atoms with E-state index in [0.717, 1.165) is 49.9 Å². The molecule has 3 heteroatoms. The fourth-order valence-corrected chi connectivity index (χ4v) is 5.27. The van der Waals surface area contributed by atoms with Gasteiger partial charge in [-0.05, 0) is 99.5 Å². The summed E-state index contributed by atoms with van der Waals surface area (Å²) >= 11 is 0. The molecule has 2 saturated carbocycles. The predicted octanol–water partition coefficient (Wildman–Crippen LogP) is 7.41. The van der Waals surface area contributed by atoms with Crippen molar-refractivity contribution in [3.05, 3.63) is 41.5 Å². The molecule has 0 saturated heterocycles. The fraction of sp³-hybridized carbons (Fsp3) is 0.667. The summed E-state index contributed by atoms with van der Waals surface area (Å²) in [5.74, 6) is 1.09. The molecule has 0 heterocycles. The van der Waals surface area contributed by atoms with E-state index in [1.807, 2.05) is 0 Å². The Kier molecular flexibility index (Phi) is 7.32. The molecule has 0 atom stereocenters. The minimum Gasteiger partial charge on any atom is -0.494 e. The largest absolute Gasteiger partial charge is 0.494 e. The van der Waals surface area contributed by atoms with Gasteiger partial charge in [0.1, 0.15) is 0 Å². The van der Waals surface area contributed by atoms with Crippen LogP contribution in [0.4, 0.5) is 8.78 Å². The first-order valence-electron chi connectivity index (χ1n) is 10.8. The van der Waals surface area contributed by atoms with Crippen molar-refractivity contribution in [1.29, 1.82) is 0 Å². The molecule has 0 bridgehead atoms. The fourth-order valence-electron chi connectivity index (χ4n) is 5.27. The van der Waals surface area contributed by atoms with Crippen LogP contribution in [0.3, 0.4) is 0 Å². The van der Waals surface area contributed by atoms with Crippen LogP contribution in [-0.4, -0.2) is 7.11 Å². The Labute approximate surface area is 163 Å². The number of rotatable bonds is 6. The molecule has 0 spiro atoms. The summed E-state index contributed by atoms with van der Waals surface area (Å²) in [7, 11) is 1.37. The predicted molar refractivity (Wildman–Crippen MR) is 107 cm³/mol. The Bertz CT molecular complexity index is 624. The first kappa shape index (κ1) is 20.4. The molecule has 2 aliphatic rings. The molecular formula is C24H34F2O. The number of benzene rings is 1. The summed E-state index contributed by atoms with van der Waals surface area (Å²) in [6.07, 6.45) is 16.7. The normalized spacial score (nSPS) is 29.2. The van der Waals surface area contributed by atoms with Gasteiger partial charge in [0.15, 0.2) is 11.6 Å². The number of hydrogen-bond donors (Lipinski definition) is 0. The summed E-state index contributed by atoms with van der Waals surface area (Å²) in [5.41, 5.74) is 0.540. The van der Waals surface area contributed by atoms with Gasteiger partial charge < -0.3 is 4.74 Å². The number of allylic oxidation sites excluding steroid dienone is 2. The van der Waals surface area contributed by atoms with Gasteiger partial charge in [-0.25, -0.2) is 4.39 Å². The van der Waals surface area contributed by atoms with Crippen molar-refractivity contribution in [1.82, 2.24) is 0 Å². The summed E-state index contributed by atoms with van der Waals surface area (Å²) in [4.78, 5) is 0. The lowest BCUT2D eigenvalue weighted by Crippen LogP contribution is -2.25. The quantitative estimate of drug-likeness (QED) is 0.470. The average Bonchev–Trinajstić information content (AvgIpc) is 2.71. The molecule has 0 unspecified atom stereocenters. The summed E-state index contributed by atoms with van der Waals surface area (Å²) < 4.78 is 33.3. The van der Waals surface area contributed by atoms with E-state index < -0.39 is 11.6 Å². The van der Waals surface area contributed by atoms with Crippen LogP contribution in [0.2, 0.25) is 0 Å². The highest BCUT2D eigenvalue weighted by atomic mass is 19.2. The van der Waals surface area contributed by atoms with Crippen LogP contribution >= 0.6 is 0 Å². The Balaban J connectivity index is 1.50. The molecule has 27 heavy (non-hydrogen) atoms. The number of hydrogen-bond acceptors (Lipinski definition) is 1. The third-order valence-electron chi connectivity index (χ3n) is 6.94. The van der Waals surface area contributed by atoms with Crippen LogP contribution in [0.5, 0.6) is 5.75 Å². The zero-order valence-corrected chi connectivity index (χ0v) is 16.9. The summed E-state index contributed by atoms with van der Waals surface area (Å²) in [6.45, 7) is 2.19. The Morgan fingerprint density at radius 2 is 1.52 bits per heavy atom. The van der Waals surface area contributed by atoms with Gasteiger partial charge in [0.2, 0.25) is 5.82 Å². The van der Waals surface area contributed by atoms with Gasteiger partial charge in [0, 0.05) is 0 Å². The van der Waals surface area contributed by atoms with Crippen molar-refractivity contribution in [3.8, 4) is 5.75 Å². The highest BCUT2D eigenvalue weighted by Crippen LogP contribution is 2.45. The van der Waals surface area contributed by atoms with Crippen LogP contribution in [0.1, 0.15) is 82.6 Å². The van der Waals surface area contributed by atoms with Crippen LogP contribution in [0, 0.1) is 29.4 Å². The monoisotopic (exact) mass is 376 g/mol. The first-order chi connectivity index (χ1) is 13.1. The van der Waals surface area contributed by atoms with E-state index in [1.54, 1.807) is 12.1 Å². The first-order valence-corrected chi connectivity index (χ1v) is 10.8. The molecule has 1 nitrogen and oxygen atoms in total. The van der Waals surface area contributed by atoms with Gasteiger partial charge in [0.25, 0.3) is 0 Å². The minimum absolute atomic E-state index is 0.00419. The highest BCUT2D eigenvalue weighted by Gasteiger charge is 2.32. The van der Waals surface area contributed by atoms with Gasteiger partial charge >= 0.3 is 0 Å². The minimum atomic E-state index is -0.840. The van der Waals surface area contributed by atoms with Crippen LogP contribution in [0.25, 0.3) is 0 Å². The summed E-state index contributed by atoms with van der Waals surface area (Å²) in [6, 6.07) is 3.28. The standard InChI is InChI=1S/C24H34F2O/c1-3-4-5-6-17-7-9-18(10-8-17)19-11-13-20(14-12-19)21-15-16-22(27-2)24(26)23(21)25/h4-5,15-20H,3,6-14H2,1-2H3/b5-4-. The Morgan fingerprint density at radius 3 is 2.11 bits per heavy atom. The zero-order chi connectivity index (χ0) is 19.2. The maximum atomic E-state index is 14.4. The molecule has 0 radical (unpaired) electrons. The SMILES string of the molecule is CC/C=C\CC1CCC(C2CCC(c3ccc(OC)c(F)c3F)CC2)CC1. The lowest BCUT2D eigenvalue weighted by molar-refractivity contribution is 0.160. The third-order valence-corrected chi connectivity index (χ3v) is 6.94. The van der Waals surface area contributed by atoms with Crippen molar-refractivity contribution in [3.63, 3.8) is 0 Å². The molecule has 1 aromatic carbocycles. The molecule has 0 N–H and O–H groups in total. The van der Waals surface area contributed by atoms with Crippen molar-refractivity contribution < 1.29 is 13.5 Å². The molecular weight excluding hydrogens is 342 g/mol. The molecule has 0 amide bonds. The Morgan fingerprint density at radius 1 is 0.889 bits per heavy atom. The zero-order valence-electron chi connectivity index (χ0n) is 16.9. The second-order valence-electron chi connectivity index (χ2n) is 8.49. The van der Waals surface area contributed by atoms with E-state index in [-0.39, 0.29) is 11.7 Å². The van der Waals surface area contributed by atoms with E-state index in [0.29, 0.717) is 5.56 Å². The van der Waals surface area contributed by atoms with E-state index >= 15 is 0 Å². The lowest BCUT2D eigenvalue weighted by atomic mass is 9.68. The highest BCUT2D eigenvalue weighted by molar-refractivity contribution is 5.33. The van der Waals surface area contributed by atoms with Gasteiger partial charge in [-0.3, -0.25) is 0 Å². The van der Waals surface area contributed by atoms with Crippen molar-refractivity contribution in [2.45, 2.75) is 77.0 Å². The van der Waals surface area contributed by atoms with Crippen molar-refractivity contribution in [2.24, 2.45) is 17.8 Å². The van der Waals surface area contributed by atoms with Crippen LogP contribution < -0.4 is 4.74 Å². The lowest BCUT2D eigenvalue weighted by Gasteiger charge is -2.38. The summed E-state index contributed by atoms with van der Waals surface area (Å²) in [5, 5.41) is 0. The molecule has 150 valence electrons. The van der Waals surface area contributed by atoms with Crippen molar-refractivity contribution in [2.75, 3.05) is 7.11 Å². The molecule has 2 fully saturated rings. The Hall–Kier alpha value is -1.38. The second-order valence-corrected chi connectivity index (χ2v) is 8.49. The molecule has 1 aromatic rings. The maximum absolute atomic E-state index is 14.4. The molecule has 3 rings (SSSR count).